The Morgan fingerprint density at radius 3 is 2.79 bits per heavy atom. The number of anilines is 1. The summed E-state index contributed by atoms with van der Waals surface area (Å²) in [5.41, 5.74) is 1.15. The molecule has 1 saturated heterocycles. The van der Waals surface area contributed by atoms with E-state index in [2.05, 4.69) is 6.92 Å². The number of fused-ring (bicyclic) bond motifs is 2. The zero-order valence-corrected chi connectivity index (χ0v) is 11.6. The normalized spacial score (nSPS) is 26.3. The van der Waals surface area contributed by atoms with Crippen LogP contribution in [0.15, 0.2) is 18.2 Å². The van der Waals surface area contributed by atoms with E-state index in [1.807, 2.05) is 0 Å². The van der Waals surface area contributed by atoms with Gasteiger partial charge in [-0.25, -0.2) is 0 Å². The summed E-state index contributed by atoms with van der Waals surface area (Å²) in [7, 11) is 1.72. The topological polar surface area (TPSA) is 40.6 Å². The monoisotopic (exact) mass is 278 g/mol. The van der Waals surface area contributed by atoms with Gasteiger partial charge in [0.25, 0.3) is 5.91 Å². The van der Waals surface area contributed by atoms with Crippen molar-refractivity contribution in [3.8, 4) is 0 Å². The summed E-state index contributed by atoms with van der Waals surface area (Å²) in [6, 6.07) is 4.75. The van der Waals surface area contributed by atoms with Gasteiger partial charge in [-0.05, 0) is 30.5 Å². The molecule has 0 aliphatic carbocycles. The molecule has 2 unspecified atom stereocenters. The van der Waals surface area contributed by atoms with Crippen molar-refractivity contribution < 1.29 is 9.59 Å². The first-order chi connectivity index (χ1) is 8.99. The highest BCUT2D eigenvalue weighted by Crippen LogP contribution is 2.34. The molecule has 2 heterocycles. The first-order valence-electron chi connectivity index (χ1n) is 6.37. The van der Waals surface area contributed by atoms with Crippen LogP contribution in [0.4, 0.5) is 5.69 Å². The van der Waals surface area contributed by atoms with Crippen molar-refractivity contribution in [1.82, 2.24) is 4.90 Å². The number of benzene rings is 1. The lowest BCUT2D eigenvalue weighted by Gasteiger charge is -2.22. The summed E-state index contributed by atoms with van der Waals surface area (Å²) in [5.74, 6) is 0.246. The van der Waals surface area contributed by atoms with Crippen LogP contribution in [0.1, 0.15) is 23.7 Å². The van der Waals surface area contributed by atoms with Crippen LogP contribution in [-0.4, -0.2) is 36.3 Å². The molecule has 1 aromatic rings. The maximum atomic E-state index is 12.6. The summed E-state index contributed by atoms with van der Waals surface area (Å²) in [6.45, 7) is 2.70. The highest BCUT2D eigenvalue weighted by Gasteiger charge is 2.43. The van der Waals surface area contributed by atoms with E-state index in [1.54, 1.807) is 35.0 Å². The molecule has 0 bridgehead atoms. The minimum atomic E-state index is -0.335. The summed E-state index contributed by atoms with van der Waals surface area (Å²) in [4.78, 5) is 28.3. The van der Waals surface area contributed by atoms with Crippen LogP contribution in [0.2, 0.25) is 5.02 Å². The summed E-state index contributed by atoms with van der Waals surface area (Å²) >= 11 is 5.98. The van der Waals surface area contributed by atoms with Crippen LogP contribution >= 0.6 is 11.6 Å². The van der Waals surface area contributed by atoms with Crippen LogP contribution < -0.4 is 4.90 Å². The molecule has 0 radical (unpaired) electrons. The quantitative estimate of drug-likeness (QED) is 0.730. The molecule has 19 heavy (non-hydrogen) atoms. The van der Waals surface area contributed by atoms with E-state index >= 15 is 0 Å². The molecule has 2 amide bonds. The maximum Gasteiger partial charge on any atom is 0.256 e. The van der Waals surface area contributed by atoms with E-state index in [4.69, 9.17) is 11.6 Å². The molecular formula is C14H15ClN2O2. The van der Waals surface area contributed by atoms with Crippen molar-refractivity contribution in [2.45, 2.75) is 19.4 Å². The Morgan fingerprint density at radius 2 is 2.05 bits per heavy atom. The number of hydrogen-bond acceptors (Lipinski definition) is 2. The lowest BCUT2D eigenvalue weighted by molar-refractivity contribution is -0.121. The lowest BCUT2D eigenvalue weighted by atomic mass is 10.1. The number of hydrogen-bond donors (Lipinski definition) is 0. The molecule has 2 aliphatic heterocycles. The Hall–Kier alpha value is -1.55. The van der Waals surface area contributed by atoms with Crippen LogP contribution in [0.5, 0.6) is 0 Å². The number of nitrogens with zero attached hydrogens (tertiary/aromatic N) is 2. The zero-order valence-electron chi connectivity index (χ0n) is 10.9. The molecule has 1 fully saturated rings. The van der Waals surface area contributed by atoms with Gasteiger partial charge >= 0.3 is 0 Å². The number of carbonyl (C=O) groups is 2. The second-order valence-electron chi connectivity index (χ2n) is 5.37. The summed E-state index contributed by atoms with van der Waals surface area (Å²) < 4.78 is 0. The first-order valence-corrected chi connectivity index (χ1v) is 6.75. The first kappa shape index (κ1) is 12.5. The Labute approximate surface area is 116 Å². The minimum absolute atomic E-state index is 0.0150. The van der Waals surface area contributed by atoms with Crippen molar-refractivity contribution in [2.75, 3.05) is 18.5 Å². The maximum absolute atomic E-state index is 12.6. The summed E-state index contributed by atoms with van der Waals surface area (Å²) in [6.07, 6.45) is 0.733. The van der Waals surface area contributed by atoms with E-state index in [9.17, 15) is 9.59 Å². The fourth-order valence-electron chi connectivity index (χ4n) is 2.97. The number of likely N-dealkylation sites (N-methyl/N-ethyl adjacent to an activating group) is 1. The van der Waals surface area contributed by atoms with Gasteiger partial charge in [0, 0.05) is 18.6 Å². The number of rotatable bonds is 0. The molecule has 5 heteroatoms. The van der Waals surface area contributed by atoms with Gasteiger partial charge < -0.3 is 9.80 Å². The average molecular weight is 279 g/mol. The Balaban J connectivity index is 2.15. The van der Waals surface area contributed by atoms with Gasteiger partial charge in [0.2, 0.25) is 5.91 Å². The molecular weight excluding hydrogens is 264 g/mol. The number of carbonyl (C=O) groups excluding carboxylic acids is 2. The molecule has 1 aromatic carbocycles. The molecule has 0 spiro atoms. The third kappa shape index (κ3) is 1.82. The van der Waals surface area contributed by atoms with Gasteiger partial charge in [0.1, 0.15) is 6.04 Å². The van der Waals surface area contributed by atoms with Gasteiger partial charge in [-0.1, -0.05) is 18.5 Å². The molecule has 3 rings (SSSR count). The van der Waals surface area contributed by atoms with E-state index in [0.29, 0.717) is 28.7 Å². The minimum Gasteiger partial charge on any atom is -0.326 e. The summed E-state index contributed by atoms with van der Waals surface area (Å²) in [5, 5.41) is 0.513. The van der Waals surface area contributed by atoms with Gasteiger partial charge in [-0.3, -0.25) is 9.59 Å². The fourth-order valence-corrected chi connectivity index (χ4v) is 3.15. The van der Waals surface area contributed by atoms with Crippen LogP contribution in [0.25, 0.3) is 0 Å². The van der Waals surface area contributed by atoms with E-state index < -0.39 is 0 Å². The Kier molecular flexibility index (Phi) is 2.78. The van der Waals surface area contributed by atoms with E-state index in [-0.39, 0.29) is 17.9 Å². The Morgan fingerprint density at radius 1 is 1.32 bits per heavy atom. The standard InChI is InChI=1S/C14H15ClN2O2/c1-8-5-12-14(19)16(2)11-4-3-9(15)6-10(11)13(18)17(12)7-8/h3-4,6,8,12H,5,7H2,1-2H3. The highest BCUT2D eigenvalue weighted by molar-refractivity contribution is 6.31. The lowest BCUT2D eigenvalue weighted by Crippen LogP contribution is -2.43. The van der Waals surface area contributed by atoms with Gasteiger partial charge in [0.05, 0.1) is 11.3 Å². The highest BCUT2D eigenvalue weighted by atomic mass is 35.5. The van der Waals surface area contributed by atoms with Crippen LogP contribution in [0, 0.1) is 5.92 Å². The smallest absolute Gasteiger partial charge is 0.256 e. The van der Waals surface area contributed by atoms with E-state index in [0.717, 1.165) is 6.42 Å². The molecule has 4 nitrogen and oxygen atoms in total. The predicted molar refractivity (Wildman–Crippen MR) is 73.5 cm³/mol. The Bertz CT molecular complexity index is 573. The molecule has 0 N–H and O–H groups in total. The third-order valence-corrected chi connectivity index (χ3v) is 4.17. The van der Waals surface area contributed by atoms with Crippen LogP contribution in [-0.2, 0) is 4.79 Å². The molecule has 2 aliphatic rings. The second-order valence-corrected chi connectivity index (χ2v) is 5.81. The third-order valence-electron chi connectivity index (χ3n) is 3.94. The largest absolute Gasteiger partial charge is 0.326 e. The fraction of sp³-hybridized carbons (Fsp3) is 0.429. The average Bonchev–Trinajstić information content (AvgIpc) is 2.75. The molecule has 0 saturated carbocycles. The van der Waals surface area contributed by atoms with Gasteiger partial charge in [-0.2, -0.15) is 0 Å². The van der Waals surface area contributed by atoms with Gasteiger partial charge in [-0.15, -0.1) is 0 Å². The van der Waals surface area contributed by atoms with Crippen molar-refractivity contribution in [1.29, 1.82) is 0 Å². The SMILES string of the molecule is CC1CC2C(=O)N(C)c3ccc(Cl)cc3C(=O)N2C1. The molecule has 0 aromatic heterocycles. The van der Waals surface area contributed by atoms with Crippen molar-refractivity contribution in [3.05, 3.63) is 28.8 Å². The van der Waals surface area contributed by atoms with Gasteiger partial charge in [0.15, 0.2) is 0 Å². The van der Waals surface area contributed by atoms with Crippen LogP contribution in [0.3, 0.4) is 0 Å². The molecule has 2 atom stereocenters. The zero-order chi connectivity index (χ0) is 13.7. The number of amides is 2. The number of halogens is 1. The molecule has 100 valence electrons. The predicted octanol–water partition coefficient (Wildman–Crippen LogP) is 2.17. The van der Waals surface area contributed by atoms with E-state index in [1.165, 1.54) is 0 Å². The van der Waals surface area contributed by atoms with Crippen molar-refractivity contribution in [2.24, 2.45) is 5.92 Å². The van der Waals surface area contributed by atoms with Crippen molar-refractivity contribution >= 4 is 29.1 Å². The van der Waals surface area contributed by atoms with Crippen molar-refractivity contribution in [3.63, 3.8) is 0 Å². The second kappa shape index (κ2) is 4.23.